The van der Waals surface area contributed by atoms with Crippen molar-refractivity contribution in [2.45, 2.75) is 65.5 Å². The van der Waals surface area contributed by atoms with Gasteiger partial charge in [-0.1, -0.05) is 37.1 Å². The van der Waals surface area contributed by atoms with Gasteiger partial charge in [0.05, 0.1) is 17.7 Å². The average molecular weight is 415 g/mol. The van der Waals surface area contributed by atoms with Gasteiger partial charge in [-0.25, -0.2) is 0 Å². The molecule has 2 aromatic rings. The van der Waals surface area contributed by atoms with E-state index in [-0.39, 0.29) is 25.0 Å². The van der Waals surface area contributed by atoms with Gasteiger partial charge in [-0.3, -0.25) is 9.59 Å². The standard InChI is InChI=1S/C23H30N2O5/c1-15-6-4-5-7-21(15)24-22(26)14-29-23(27)12-18-8-10-19(11-9-18)28-13-20-16(2)25-30-17(20)3/h8-11,15,21H,4-7,12-14H2,1-3H3,(H,24,26)/t15-,21-/m0/s1. The summed E-state index contributed by atoms with van der Waals surface area (Å²) in [6.45, 7) is 6.01. The molecule has 3 rings (SSSR count). The van der Waals surface area contributed by atoms with E-state index in [1.807, 2.05) is 26.0 Å². The van der Waals surface area contributed by atoms with Crippen LogP contribution in [0.15, 0.2) is 28.8 Å². The molecule has 0 spiro atoms. The van der Waals surface area contributed by atoms with Crippen molar-refractivity contribution in [3.8, 4) is 5.75 Å². The van der Waals surface area contributed by atoms with Gasteiger partial charge in [0.25, 0.3) is 5.91 Å². The minimum Gasteiger partial charge on any atom is -0.489 e. The molecular formula is C23H30N2O5. The summed E-state index contributed by atoms with van der Waals surface area (Å²) in [5.41, 5.74) is 2.54. The Kier molecular flexibility index (Phi) is 7.49. The normalized spacial score (nSPS) is 18.6. The van der Waals surface area contributed by atoms with Crippen molar-refractivity contribution in [3.63, 3.8) is 0 Å². The molecule has 7 heteroatoms. The number of rotatable bonds is 8. The van der Waals surface area contributed by atoms with E-state index in [2.05, 4.69) is 17.4 Å². The van der Waals surface area contributed by atoms with E-state index < -0.39 is 5.97 Å². The van der Waals surface area contributed by atoms with Crippen molar-refractivity contribution in [1.82, 2.24) is 10.5 Å². The smallest absolute Gasteiger partial charge is 0.310 e. The third-order valence-corrected chi connectivity index (χ3v) is 5.66. The summed E-state index contributed by atoms with van der Waals surface area (Å²) in [5.74, 6) is 1.25. The SMILES string of the molecule is Cc1noc(C)c1COc1ccc(CC(=O)OCC(=O)N[C@H]2CCCC[C@@H]2C)cc1. The molecule has 1 amide bonds. The quantitative estimate of drug-likeness (QED) is 0.663. The van der Waals surface area contributed by atoms with Crippen molar-refractivity contribution >= 4 is 11.9 Å². The van der Waals surface area contributed by atoms with Gasteiger partial charge in [0.1, 0.15) is 18.1 Å². The summed E-state index contributed by atoms with van der Waals surface area (Å²) in [6, 6.07) is 7.42. The Morgan fingerprint density at radius 1 is 1.17 bits per heavy atom. The Hall–Kier alpha value is -2.83. The highest BCUT2D eigenvalue weighted by Gasteiger charge is 2.23. The van der Waals surface area contributed by atoms with Crippen molar-refractivity contribution in [3.05, 3.63) is 46.8 Å². The van der Waals surface area contributed by atoms with Crippen molar-refractivity contribution < 1.29 is 23.6 Å². The van der Waals surface area contributed by atoms with Crippen molar-refractivity contribution in [2.75, 3.05) is 6.61 Å². The fraction of sp³-hybridized carbons (Fsp3) is 0.522. The van der Waals surface area contributed by atoms with E-state index in [4.69, 9.17) is 14.0 Å². The molecule has 30 heavy (non-hydrogen) atoms. The van der Waals surface area contributed by atoms with Crippen LogP contribution in [0.4, 0.5) is 0 Å². The number of carbonyl (C=O) groups is 2. The van der Waals surface area contributed by atoms with Gasteiger partial charge >= 0.3 is 5.97 Å². The Morgan fingerprint density at radius 2 is 1.90 bits per heavy atom. The molecule has 1 heterocycles. The number of nitrogens with one attached hydrogen (secondary N) is 1. The minimum atomic E-state index is -0.425. The molecule has 1 N–H and O–H groups in total. The average Bonchev–Trinajstić information content (AvgIpc) is 3.05. The lowest BCUT2D eigenvalue weighted by Gasteiger charge is -2.29. The number of aromatic nitrogens is 1. The second-order valence-electron chi connectivity index (χ2n) is 8.01. The van der Waals surface area contributed by atoms with E-state index in [9.17, 15) is 9.59 Å². The lowest BCUT2D eigenvalue weighted by molar-refractivity contribution is -0.148. The maximum atomic E-state index is 12.1. The summed E-state index contributed by atoms with van der Waals surface area (Å²) in [7, 11) is 0. The van der Waals surface area contributed by atoms with Gasteiger partial charge in [0, 0.05) is 6.04 Å². The predicted octanol–water partition coefficient (Wildman–Crippen LogP) is 3.65. The number of carbonyl (C=O) groups excluding carboxylic acids is 2. The largest absolute Gasteiger partial charge is 0.489 e. The van der Waals surface area contributed by atoms with Crippen LogP contribution in [0.1, 0.15) is 55.2 Å². The monoisotopic (exact) mass is 414 g/mol. The molecule has 7 nitrogen and oxygen atoms in total. The molecule has 162 valence electrons. The van der Waals surface area contributed by atoms with E-state index in [1.165, 1.54) is 6.42 Å². The predicted molar refractivity (Wildman–Crippen MR) is 111 cm³/mol. The highest BCUT2D eigenvalue weighted by atomic mass is 16.5. The van der Waals surface area contributed by atoms with Gasteiger partial charge < -0.3 is 19.3 Å². The Bertz CT molecular complexity index is 839. The molecule has 1 aromatic heterocycles. The summed E-state index contributed by atoms with van der Waals surface area (Å²) in [4.78, 5) is 24.1. The molecule has 1 aliphatic carbocycles. The highest BCUT2D eigenvalue weighted by molar-refractivity contribution is 5.81. The van der Waals surface area contributed by atoms with Crippen LogP contribution in [0.5, 0.6) is 5.75 Å². The second kappa shape index (κ2) is 10.3. The van der Waals surface area contributed by atoms with Crippen LogP contribution in [0.3, 0.4) is 0 Å². The number of aryl methyl sites for hydroxylation is 2. The van der Waals surface area contributed by atoms with E-state index >= 15 is 0 Å². The maximum Gasteiger partial charge on any atom is 0.310 e. The molecule has 0 radical (unpaired) electrons. The molecule has 1 aromatic carbocycles. The maximum absolute atomic E-state index is 12.1. The van der Waals surface area contributed by atoms with Gasteiger partial charge in [-0.05, 0) is 50.3 Å². The van der Waals surface area contributed by atoms with Crippen LogP contribution in [-0.4, -0.2) is 29.7 Å². The summed E-state index contributed by atoms with van der Waals surface area (Å²) in [6.07, 6.45) is 4.57. The zero-order valence-corrected chi connectivity index (χ0v) is 17.9. The van der Waals surface area contributed by atoms with Crippen LogP contribution < -0.4 is 10.1 Å². The topological polar surface area (TPSA) is 90.7 Å². The fourth-order valence-corrected chi connectivity index (χ4v) is 3.71. The molecule has 0 bridgehead atoms. The van der Waals surface area contributed by atoms with E-state index in [1.54, 1.807) is 12.1 Å². The van der Waals surface area contributed by atoms with Gasteiger partial charge in [-0.2, -0.15) is 0 Å². The van der Waals surface area contributed by atoms with Gasteiger partial charge in [0.15, 0.2) is 6.61 Å². The first kappa shape index (κ1) is 21.9. The van der Waals surface area contributed by atoms with E-state index in [0.717, 1.165) is 41.8 Å². The van der Waals surface area contributed by atoms with Crippen molar-refractivity contribution in [2.24, 2.45) is 5.92 Å². The minimum absolute atomic E-state index is 0.108. The zero-order chi connectivity index (χ0) is 21.5. The number of hydrogen-bond donors (Lipinski definition) is 1. The van der Waals surface area contributed by atoms with Crippen molar-refractivity contribution in [1.29, 1.82) is 0 Å². The molecule has 0 saturated heterocycles. The molecule has 0 unspecified atom stereocenters. The number of hydrogen-bond acceptors (Lipinski definition) is 6. The Morgan fingerprint density at radius 3 is 2.57 bits per heavy atom. The highest BCUT2D eigenvalue weighted by Crippen LogP contribution is 2.23. The van der Waals surface area contributed by atoms with Crippen LogP contribution in [-0.2, 0) is 27.4 Å². The number of nitrogens with zero attached hydrogens (tertiary/aromatic N) is 1. The molecule has 1 fully saturated rings. The van der Waals surface area contributed by atoms with Crippen LogP contribution in [0.25, 0.3) is 0 Å². The zero-order valence-electron chi connectivity index (χ0n) is 17.9. The first-order valence-electron chi connectivity index (χ1n) is 10.5. The number of benzene rings is 1. The van der Waals surface area contributed by atoms with Crippen LogP contribution in [0.2, 0.25) is 0 Å². The first-order chi connectivity index (χ1) is 14.4. The van der Waals surface area contributed by atoms with E-state index in [0.29, 0.717) is 18.3 Å². The lowest BCUT2D eigenvalue weighted by Crippen LogP contribution is -2.42. The second-order valence-corrected chi connectivity index (χ2v) is 8.01. The molecule has 2 atom stereocenters. The van der Waals surface area contributed by atoms with Gasteiger partial charge in [-0.15, -0.1) is 0 Å². The van der Waals surface area contributed by atoms with Crippen LogP contribution >= 0.6 is 0 Å². The number of esters is 1. The summed E-state index contributed by atoms with van der Waals surface area (Å²) < 4.78 is 16.0. The third kappa shape index (κ3) is 6.08. The molecule has 1 aliphatic rings. The molecule has 1 saturated carbocycles. The number of amides is 1. The summed E-state index contributed by atoms with van der Waals surface area (Å²) in [5, 5.41) is 6.89. The molecule has 0 aliphatic heterocycles. The Labute approximate surface area is 177 Å². The number of ether oxygens (including phenoxy) is 2. The lowest BCUT2D eigenvalue weighted by atomic mass is 9.86. The molecular weight excluding hydrogens is 384 g/mol. The fourth-order valence-electron chi connectivity index (χ4n) is 3.71. The first-order valence-corrected chi connectivity index (χ1v) is 10.5. The van der Waals surface area contributed by atoms with Crippen LogP contribution in [0, 0.1) is 19.8 Å². The summed E-state index contributed by atoms with van der Waals surface area (Å²) >= 11 is 0. The van der Waals surface area contributed by atoms with Gasteiger partial charge in [0.2, 0.25) is 0 Å². The third-order valence-electron chi connectivity index (χ3n) is 5.66. The Balaban J connectivity index is 1.40.